The number of nitrogens with one attached hydrogen (secondary N) is 2. The molecular weight excluding hydrogens is 354 g/mol. The summed E-state index contributed by atoms with van der Waals surface area (Å²) in [7, 11) is 0. The molecule has 6 nitrogen and oxygen atoms in total. The highest BCUT2D eigenvalue weighted by atomic mass is 16.5. The van der Waals surface area contributed by atoms with E-state index < -0.39 is 6.09 Å². The normalized spacial score (nSPS) is 13.9. The fourth-order valence-corrected chi connectivity index (χ4v) is 3.39. The van der Waals surface area contributed by atoms with Crippen LogP contribution in [0.3, 0.4) is 0 Å². The van der Waals surface area contributed by atoms with Gasteiger partial charge in [-0.3, -0.25) is 15.0 Å². The molecule has 1 aliphatic rings. The molecule has 0 aromatic heterocycles. The molecule has 0 aliphatic carbocycles. The maximum Gasteiger partial charge on any atom is 0.411 e. The largest absolute Gasteiger partial charge is 0.450 e. The van der Waals surface area contributed by atoms with Gasteiger partial charge in [-0.2, -0.15) is 0 Å². The first-order chi connectivity index (χ1) is 13.6. The molecule has 2 aromatic carbocycles. The van der Waals surface area contributed by atoms with Crippen molar-refractivity contribution in [3.05, 3.63) is 59.2 Å². The summed E-state index contributed by atoms with van der Waals surface area (Å²) >= 11 is 0. The van der Waals surface area contributed by atoms with E-state index in [-0.39, 0.29) is 5.91 Å². The predicted molar refractivity (Wildman–Crippen MR) is 111 cm³/mol. The molecule has 1 aliphatic heterocycles. The zero-order valence-electron chi connectivity index (χ0n) is 16.5. The monoisotopic (exact) mass is 381 g/mol. The van der Waals surface area contributed by atoms with Gasteiger partial charge in [0.2, 0.25) is 0 Å². The van der Waals surface area contributed by atoms with Gasteiger partial charge in [-0.1, -0.05) is 18.2 Å². The second-order valence-electron chi connectivity index (χ2n) is 6.96. The van der Waals surface area contributed by atoms with Gasteiger partial charge in [-0.15, -0.1) is 0 Å². The van der Waals surface area contributed by atoms with Crippen molar-refractivity contribution in [2.24, 2.45) is 0 Å². The molecule has 6 heteroatoms. The molecule has 1 heterocycles. The van der Waals surface area contributed by atoms with Crippen molar-refractivity contribution < 1.29 is 14.3 Å². The number of carbonyl (C=O) groups is 2. The van der Waals surface area contributed by atoms with E-state index in [4.69, 9.17) is 4.74 Å². The van der Waals surface area contributed by atoms with Crippen LogP contribution in [0.4, 0.5) is 16.2 Å². The Bertz CT molecular complexity index is 845. The van der Waals surface area contributed by atoms with Gasteiger partial charge >= 0.3 is 6.09 Å². The molecule has 0 unspecified atom stereocenters. The summed E-state index contributed by atoms with van der Waals surface area (Å²) in [5.74, 6) is -0.167. The first kappa shape index (κ1) is 19.9. The Morgan fingerprint density at radius 1 is 1.04 bits per heavy atom. The molecule has 2 aromatic rings. The van der Waals surface area contributed by atoms with Crippen LogP contribution in [0.1, 0.15) is 41.3 Å². The van der Waals surface area contributed by atoms with Crippen molar-refractivity contribution >= 4 is 23.4 Å². The lowest BCUT2D eigenvalue weighted by atomic mass is 10.1. The standard InChI is InChI=1S/C22H27N3O3/c1-3-28-22(27)24-20-11-7-10-19(16(20)2)23-21(26)18-9-6-8-17(14-18)15-25-12-4-5-13-25/h6-11,14H,3-5,12-13,15H2,1-2H3,(H,23,26)(H,24,27). The average molecular weight is 381 g/mol. The Balaban J connectivity index is 1.69. The molecule has 0 atom stereocenters. The molecule has 148 valence electrons. The van der Waals surface area contributed by atoms with Crippen molar-refractivity contribution in [1.82, 2.24) is 4.90 Å². The molecule has 1 fully saturated rings. The van der Waals surface area contributed by atoms with Crippen molar-refractivity contribution in [3.8, 4) is 0 Å². The van der Waals surface area contributed by atoms with Crippen molar-refractivity contribution in [2.45, 2.75) is 33.2 Å². The van der Waals surface area contributed by atoms with E-state index in [2.05, 4.69) is 21.6 Å². The molecule has 2 N–H and O–H groups in total. The van der Waals surface area contributed by atoms with Crippen LogP contribution >= 0.6 is 0 Å². The number of anilines is 2. The maximum atomic E-state index is 12.8. The minimum Gasteiger partial charge on any atom is -0.450 e. The zero-order chi connectivity index (χ0) is 19.9. The van der Waals surface area contributed by atoms with Crippen molar-refractivity contribution in [1.29, 1.82) is 0 Å². The average Bonchev–Trinajstić information content (AvgIpc) is 3.18. The molecule has 0 saturated carbocycles. The zero-order valence-corrected chi connectivity index (χ0v) is 16.5. The molecule has 0 spiro atoms. The second-order valence-corrected chi connectivity index (χ2v) is 6.96. The first-order valence-electron chi connectivity index (χ1n) is 9.73. The summed E-state index contributed by atoms with van der Waals surface area (Å²) in [6.45, 7) is 7.02. The van der Waals surface area contributed by atoms with Gasteiger partial charge in [-0.25, -0.2) is 4.79 Å². The molecule has 0 radical (unpaired) electrons. The van der Waals surface area contributed by atoms with E-state index >= 15 is 0 Å². The van der Waals surface area contributed by atoms with Crippen LogP contribution < -0.4 is 10.6 Å². The Kier molecular flexibility index (Phi) is 6.66. The van der Waals surface area contributed by atoms with Gasteiger partial charge in [0.25, 0.3) is 5.91 Å². The van der Waals surface area contributed by atoms with E-state index in [9.17, 15) is 9.59 Å². The number of amides is 2. The SMILES string of the molecule is CCOC(=O)Nc1cccc(NC(=O)c2cccc(CN3CCCC3)c2)c1C. The minimum absolute atomic E-state index is 0.167. The third kappa shape index (κ3) is 5.10. The van der Waals surface area contributed by atoms with Crippen LogP contribution in [0.25, 0.3) is 0 Å². The highest BCUT2D eigenvalue weighted by Crippen LogP contribution is 2.24. The Morgan fingerprint density at radius 2 is 1.71 bits per heavy atom. The highest BCUT2D eigenvalue weighted by molar-refractivity contribution is 6.05. The smallest absolute Gasteiger partial charge is 0.411 e. The molecule has 28 heavy (non-hydrogen) atoms. The molecule has 2 amide bonds. The quantitative estimate of drug-likeness (QED) is 0.777. The van der Waals surface area contributed by atoms with E-state index in [1.54, 1.807) is 19.1 Å². The summed E-state index contributed by atoms with van der Waals surface area (Å²) < 4.78 is 4.92. The second kappa shape index (κ2) is 9.37. The van der Waals surface area contributed by atoms with Gasteiger partial charge < -0.3 is 10.1 Å². The molecule has 0 bridgehead atoms. The van der Waals surface area contributed by atoms with Crippen LogP contribution in [0.5, 0.6) is 0 Å². The number of hydrogen-bond donors (Lipinski definition) is 2. The maximum absolute atomic E-state index is 12.8. The number of benzene rings is 2. The van der Waals surface area contributed by atoms with Gasteiger partial charge in [0, 0.05) is 23.5 Å². The van der Waals surface area contributed by atoms with E-state index in [0.29, 0.717) is 23.5 Å². The first-order valence-corrected chi connectivity index (χ1v) is 9.73. The molecule has 1 saturated heterocycles. The van der Waals surface area contributed by atoms with Crippen LogP contribution in [0, 0.1) is 6.92 Å². The number of carbonyl (C=O) groups excluding carboxylic acids is 2. The van der Waals surface area contributed by atoms with Gasteiger partial charge in [0.15, 0.2) is 0 Å². The number of rotatable bonds is 6. The summed E-state index contributed by atoms with van der Waals surface area (Å²) in [6, 6.07) is 13.1. The van der Waals surface area contributed by atoms with Crippen LogP contribution in [0.15, 0.2) is 42.5 Å². The Morgan fingerprint density at radius 3 is 2.43 bits per heavy atom. The number of likely N-dealkylation sites (tertiary alicyclic amines) is 1. The summed E-state index contributed by atoms with van der Waals surface area (Å²) in [4.78, 5) is 26.8. The third-order valence-electron chi connectivity index (χ3n) is 4.89. The van der Waals surface area contributed by atoms with Crippen molar-refractivity contribution in [3.63, 3.8) is 0 Å². The van der Waals surface area contributed by atoms with Gasteiger partial charge in [-0.05, 0) is 75.2 Å². The minimum atomic E-state index is -0.510. The third-order valence-corrected chi connectivity index (χ3v) is 4.89. The molecular formula is C22H27N3O3. The molecule has 3 rings (SSSR count). The summed E-state index contributed by atoms with van der Waals surface area (Å²) in [5, 5.41) is 5.64. The van der Waals surface area contributed by atoms with Crippen LogP contribution in [-0.2, 0) is 11.3 Å². The number of ether oxygens (including phenoxy) is 1. The Hall–Kier alpha value is -2.86. The highest BCUT2D eigenvalue weighted by Gasteiger charge is 2.14. The number of hydrogen-bond acceptors (Lipinski definition) is 4. The van der Waals surface area contributed by atoms with Gasteiger partial charge in [0.05, 0.1) is 6.61 Å². The predicted octanol–water partition coefficient (Wildman–Crippen LogP) is 4.41. The lowest BCUT2D eigenvalue weighted by molar-refractivity contribution is 0.102. The lowest BCUT2D eigenvalue weighted by Gasteiger charge is -2.16. The van der Waals surface area contributed by atoms with Crippen LogP contribution in [-0.4, -0.2) is 36.6 Å². The summed E-state index contributed by atoms with van der Waals surface area (Å²) in [5.41, 5.74) is 3.81. The lowest BCUT2D eigenvalue weighted by Crippen LogP contribution is -2.19. The topological polar surface area (TPSA) is 70.7 Å². The fourth-order valence-electron chi connectivity index (χ4n) is 3.39. The van der Waals surface area contributed by atoms with Crippen molar-refractivity contribution in [2.75, 3.05) is 30.3 Å². The van der Waals surface area contributed by atoms with Gasteiger partial charge in [0.1, 0.15) is 0 Å². The summed E-state index contributed by atoms with van der Waals surface area (Å²) in [6.07, 6.45) is 1.98. The van der Waals surface area contributed by atoms with E-state index in [0.717, 1.165) is 30.8 Å². The number of nitrogens with zero attached hydrogens (tertiary/aromatic N) is 1. The van der Waals surface area contributed by atoms with Crippen LogP contribution in [0.2, 0.25) is 0 Å². The van der Waals surface area contributed by atoms with E-state index in [1.165, 1.54) is 12.8 Å². The fraction of sp³-hybridized carbons (Fsp3) is 0.364. The Labute approximate surface area is 165 Å². The van der Waals surface area contributed by atoms with E-state index in [1.807, 2.05) is 31.2 Å².